The lowest BCUT2D eigenvalue weighted by Crippen LogP contribution is -2.06. The number of methoxy groups -OCH3 is 1. The molecule has 0 bridgehead atoms. The number of hydrogen-bond donors (Lipinski definition) is 0. The van der Waals surface area contributed by atoms with Crippen molar-refractivity contribution in [1.29, 1.82) is 0 Å². The molecule has 1 nitrogen and oxygen atoms in total. The number of alkyl halides is 1. The molecule has 0 fully saturated rings. The smallest absolute Gasteiger partial charge is 0.0462 e. The first-order valence-electron chi connectivity index (χ1n) is 6.05. The summed E-state index contributed by atoms with van der Waals surface area (Å²) in [6.07, 6.45) is 4.71. The van der Waals surface area contributed by atoms with Gasteiger partial charge in [-0.15, -0.1) is 0 Å². The zero-order valence-electron chi connectivity index (χ0n) is 10.3. The summed E-state index contributed by atoms with van der Waals surface area (Å²) in [5, 5.41) is 1.88. The first kappa shape index (κ1) is 15.0. The van der Waals surface area contributed by atoms with Crippen LogP contribution in [0.4, 0.5) is 0 Å². The summed E-state index contributed by atoms with van der Waals surface area (Å²) >= 11 is 9.59. The third-order valence-electron chi connectivity index (χ3n) is 2.84. The zero-order chi connectivity index (χ0) is 12.5. The van der Waals surface area contributed by atoms with E-state index < -0.39 is 0 Å². The molecule has 0 aliphatic heterocycles. The molecule has 0 radical (unpaired) electrons. The van der Waals surface area contributed by atoms with E-state index in [1.54, 1.807) is 7.11 Å². The molecule has 3 heteroatoms. The van der Waals surface area contributed by atoms with Crippen molar-refractivity contribution in [1.82, 2.24) is 0 Å². The number of hydrogen-bond acceptors (Lipinski definition) is 1. The van der Waals surface area contributed by atoms with E-state index in [-0.39, 0.29) is 0 Å². The van der Waals surface area contributed by atoms with E-state index in [1.165, 1.54) is 18.4 Å². The number of unbranched alkanes of at least 4 members (excludes halogenated alkanes) is 1. The maximum Gasteiger partial charge on any atom is 0.0462 e. The molecule has 0 aromatic heterocycles. The van der Waals surface area contributed by atoms with Crippen LogP contribution in [0.5, 0.6) is 0 Å². The first-order chi connectivity index (χ1) is 8.26. The number of ether oxygens (including phenoxy) is 1. The van der Waals surface area contributed by atoms with Crippen molar-refractivity contribution in [3.63, 3.8) is 0 Å². The third-order valence-corrected chi connectivity index (χ3v) is 3.99. The Hall–Kier alpha value is -0.0500. The van der Waals surface area contributed by atoms with E-state index in [2.05, 4.69) is 28.1 Å². The zero-order valence-corrected chi connectivity index (χ0v) is 12.6. The highest BCUT2D eigenvalue weighted by atomic mass is 79.9. The molecule has 1 atom stereocenters. The lowest BCUT2D eigenvalue weighted by molar-refractivity contribution is 0.190. The van der Waals surface area contributed by atoms with Gasteiger partial charge >= 0.3 is 0 Å². The Morgan fingerprint density at radius 3 is 2.82 bits per heavy atom. The molecule has 17 heavy (non-hydrogen) atoms. The summed E-state index contributed by atoms with van der Waals surface area (Å²) in [4.78, 5) is 0. The first-order valence-corrected chi connectivity index (χ1v) is 7.55. The number of benzene rings is 1. The standard InChI is InChI=1S/C14H20BrClO/c1-17-8-3-2-5-13(11-15)9-12-6-4-7-14(16)10-12/h4,6-7,10,13H,2-3,5,8-9,11H2,1H3. The molecule has 0 N–H and O–H groups in total. The van der Waals surface area contributed by atoms with Gasteiger partial charge in [0.1, 0.15) is 0 Å². The van der Waals surface area contributed by atoms with E-state index in [1.807, 2.05) is 12.1 Å². The normalized spacial score (nSPS) is 12.6. The van der Waals surface area contributed by atoms with Gasteiger partial charge in [-0.1, -0.05) is 46.1 Å². The summed E-state index contributed by atoms with van der Waals surface area (Å²) in [7, 11) is 1.76. The van der Waals surface area contributed by atoms with Crippen LogP contribution in [0.3, 0.4) is 0 Å². The molecule has 0 amide bonds. The average Bonchev–Trinajstić information content (AvgIpc) is 2.33. The summed E-state index contributed by atoms with van der Waals surface area (Å²) in [5.74, 6) is 0.685. The molecule has 0 heterocycles. The van der Waals surface area contributed by atoms with Gasteiger partial charge in [-0.25, -0.2) is 0 Å². The van der Waals surface area contributed by atoms with Crippen LogP contribution in [0.1, 0.15) is 24.8 Å². The maximum atomic E-state index is 5.99. The van der Waals surface area contributed by atoms with Crippen molar-refractivity contribution < 1.29 is 4.74 Å². The maximum absolute atomic E-state index is 5.99. The summed E-state index contributed by atoms with van der Waals surface area (Å²) < 4.78 is 5.06. The second-order valence-corrected chi connectivity index (χ2v) is 5.43. The third kappa shape index (κ3) is 6.44. The molecule has 0 aliphatic rings. The van der Waals surface area contributed by atoms with Crippen LogP contribution >= 0.6 is 27.5 Å². The van der Waals surface area contributed by atoms with Crippen LogP contribution < -0.4 is 0 Å². The summed E-state index contributed by atoms with van der Waals surface area (Å²) in [6.45, 7) is 0.867. The van der Waals surface area contributed by atoms with Gasteiger partial charge in [-0.3, -0.25) is 0 Å². The molecule has 0 saturated heterocycles. The summed E-state index contributed by atoms with van der Waals surface area (Å²) in [6, 6.07) is 8.16. The van der Waals surface area contributed by atoms with Crippen molar-refractivity contribution in [3.8, 4) is 0 Å². The molecular formula is C14H20BrClO. The molecule has 0 spiro atoms. The Labute approximate surface area is 118 Å². The monoisotopic (exact) mass is 318 g/mol. The Balaban J connectivity index is 2.35. The van der Waals surface area contributed by atoms with Gasteiger partial charge in [0.25, 0.3) is 0 Å². The highest BCUT2D eigenvalue weighted by Gasteiger charge is 2.08. The fraction of sp³-hybridized carbons (Fsp3) is 0.571. The Bertz CT molecular complexity index is 317. The van der Waals surface area contributed by atoms with Crippen LogP contribution in [-0.4, -0.2) is 19.0 Å². The van der Waals surface area contributed by atoms with Crippen LogP contribution in [0, 0.1) is 5.92 Å². The molecule has 1 aromatic carbocycles. The quantitative estimate of drug-likeness (QED) is 0.498. The van der Waals surface area contributed by atoms with E-state index in [0.29, 0.717) is 5.92 Å². The van der Waals surface area contributed by atoms with Gasteiger partial charge in [0.05, 0.1) is 0 Å². The minimum atomic E-state index is 0.685. The lowest BCUT2D eigenvalue weighted by Gasteiger charge is -2.14. The largest absolute Gasteiger partial charge is 0.385 e. The lowest BCUT2D eigenvalue weighted by atomic mass is 9.96. The van der Waals surface area contributed by atoms with Gasteiger partial charge < -0.3 is 4.74 Å². The topological polar surface area (TPSA) is 9.23 Å². The average molecular weight is 320 g/mol. The van der Waals surface area contributed by atoms with E-state index in [9.17, 15) is 0 Å². The predicted molar refractivity (Wildman–Crippen MR) is 78.2 cm³/mol. The van der Waals surface area contributed by atoms with Gasteiger partial charge in [0.2, 0.25) is 0 Å². The van der Waals surface area contributed by atoms with Gasteiger partial charge in [-0.05, 0) is 42.9 Å². The molecule has 96 valence electrons. The molecule has 1 aromatic rings. The van der Waals surface area contributed by atoms with Crippen molar-refractivity contribution in [2.75, 3.05) is 19.0 Å². The van der Waals surface area contributed by atoms with Gasteiger partial charge in [-0.2, -0.15) is 0 Å². The van der Waals surface area contributed by atoms with Crippen molar-refractivity contribution in [2.45, 2.75) is 25.7 Å². The number of halogens is 2. The minimum Gasteiger partial charge on any atom is -0.385 e. The fourth-order valence-corrected chi connectivity index (χ4v) is 2.68. The van der Waals surface area contributed by atoms with Gasteiger partial charge in [0, 0.05) is 24.1 Å². The van der Waals surface area contributed by atoms with Crippen molar-refractivity contribution >= 4 is 27.5 Å². The van der Waals surface area contributed by atoms with Crippen molar-refractivity contribution in [2.24, 2.45) is 5.92 Å². The molecular weight excluding hydrogens is 300 g/mol. The summed E-state index contributed by atoms with van der Waals surface area (Å²) in [5.41, 5.74) is 1.33. The van der Waals surface area contributed by atoms with E-state index >= 15 is 0 Å². The Kier molecular flexibility index (Phi) is 7.91. The Morgan fingerprint density at radius 2 is 2.18 bits per heavy atom. The second kappa shape index (κ2) is 8.96. The molecule has 1 unspecified atom stereocenters. The predicted octanol–water partition coefficient (Wildman–Crippen LogP) is 4.71. The highest BCUT2D eigenvalue weighted by Crippen LogP contribution is 2.19. The van der Waals surface area contributed by atoms with E-state index in [0.717, 1.165) is 29.8 Å². The van der Waals surface area contributed by atoms with Crippen LogP contribution in [-0.2, 0) is 11.2 Å². The fourth-order valence-electron chi connectivity index (χ4n) is 1.91. The molecule has 0 saturated carbocycles. The van der Waals surface area contributed by atoms with Gasteiger partial charge in [0.15, 0.2) is 0 Å². The minimum absolute atomic E-state index is 0.685. The van der Waals surface area contributed by atoms with Crippen LogP contribution in [0.25, 0.3) is 0 Å². The van der Waals surface area contributed by atoms with E-state index in [4.69, 9.17) is 16.3 Å². The molecule has 1 rings (SSSR count). The van der Waals surface area contributed by atoms with Crippen LogP contribution in [0.15, 0.2) is 24.3 Å². The highest BCUT2D eigenvalue weighted by molar-refractivity contribution is 9.09. The molecule has 0 aliphatic carbocycles. The van der Waals surface area contributed by atoms with Crippen molar-refractivity contribution in [3.05, 3.63) is 34.9 Å². The number of rotatable bonds is 8. The second-order valence-electron chi connectivity index (χ2n) is 4.34. The van der Waals surface area contributed by atoms with Crippen LogP contribution in [0.2, 0.25) is 5.02 Å². The SMILES string of the molecule is COCCCCC(CBr)Cc1cccc(Cl)c1. The Morgan fingerprint density at radius 1 is 1.35 bits per heavy atom.